The van der Waals surface area contributed by atoms with Crippen LogP contribution in [0, 0.1) is 5.92 Å². The second-order valence-electron chi connectivity index (χ2n) is 5.09. The number of piperidine rings is 1. The summed E-state index contributed by atoms with van der Waals surface area (Å²) in [5.74, 6) is -0.187. The second kappa shape index (κ2) is 6.81. The molecule has 0 aromatic rings. The summed E-state index contributed by atoms with van der Waals surface area (Å²) in [6, 6.07) is -0.0448. The number of hydrogen-bond acceptors (Lipinski definition) is 3. The van der Waals surface area contributed by atoms with Crippen LogP contribution in [0.2, 0.25) is 0 Å². The number of rotatable bonds is 3. The molecule has 2 amide bonds. The Morgan fingerprint density at radius 2 is 1.85 bits per heavy atom. The minimum atomic E-state index is -4.51. The first-order valence-electron chi connectivity index (χ1n) is 6.48. The molecule has 0 radical (unpaired) electrons. The first-order valence-corrected chi connectivity index (χ1v) is 6.48. The predicted octanol–water partition coefficient (Wildman–Crippen LogP) is 1.92. The predicted molar refractivity (Wildman–Crippen MR) is 65.0 cm³/mol. The minimum Gasteiger partial charge on any atom is -0.440 e. The molecule has 0 unspecified atom stereocenters. The van der Waals surface area contributed by atoms with Gasteiger partial charge in [0.1, 0.15) is 0 Å². The largest absolute Gasteiger partial charge is 0.440 e. The lowest BCUT2D eigenvalue weighted by Gasteiger charge is -2.32. The molecule has 0 aromatic carbocycles. The van der Waals surface area contributed by atoms with E-state index >= 15 is 0 Å². The van der Waals surface area contributed by atoms with Crippen molar-refractivity contribution in [1.82, 2.24) is 10.2 Å². The van der Waals surface area contributed by atoms with Gasteiger partial charge in [0, 0.05) is 25.0 Å². The van der Waals surface area contributed by atoms with Gasteiger partial charge in [-0.3, -0.25) is 4.79 Å². The molecular formula is C12H19F3N2O3. The van der Waals surface area contributed by atoms with E-state index in [1.165, 1.54) is 4.90 Å². The summed E-state index contributed by atoms with van der Waals surface area (Å²) in [5.41, 5.74) is 0. The molecule has 1 aliphatic heterocycles. The maximum absolute atomic E-state index is 11.9. The van der Waals surface area contributed by atoms with Gasteiger partial charge in [-0.25, -0.2) is 4.79 Å². The lowest BCUT2D eigenvalue weighted by Crippen LogP contribution is -2.47. The summed E-state index contributed by atoms with van der Waals surface area (Å²) >= 11 is 0. The van der Waals surface area contributed by atoms with Gasteiger partial charge in [-0.05, 0) is 12.8 Å². The van der Waals surface area contributed by atoms with E-state index in [0.717, 1.165) is 0 Å². The van der Waals surface area contributed by atoms with Crippen LogP contribution >= 0.6 is 0 Å². The maximum atomic E-state index is 11.9. The summed E-state index contributed by atoms with van der Waals surface area (Å²) in [6.07, 6.45) is -4.45. The molecule has 1 fully saturated rings. The van der Waals surface area contributed by atoms with E-state index in [2.05, 4.69) is 10.1 Å². The van der Waals surface area contributed by atoms with Crippen LogP contribution in [0.25, 0.3) is 0 Å². The van der Waals surface area contributed by atoms with Crippen LogP contribution in [0.3, 0.4) is 0 Å². The quantitative estimate of drug-likeness (QED) is 0.865. The topological polar surface area (TPSA) is 58.6 Å². The number of halogens is 3. The molecule has 0 aliphatic carbocycles. The molecule has 1 aliphatic rings. The molecule has 116 valence electrons. The average molecular weight is 296 g/mol. The SMILES string of the molecule is CC(C)C(=O)NC1CCN(C(=O)OCC(F)(F)F)CC1. The molecule has 0 bridgehead atoms. The molecule has 1 rings (SSSR count). The van der Waals surface area contributed by atoms with E-state index in [1.54, 1.807) is 13.8 Å². The van der Waals surface area contributed by atoms with Crippen molar-refractivity contribution >= 4 is 12.0 Å². The Morgan fingerprint density at radius 1 is 1.30 bits per heavy atom. The van der Waals surface area contributed by atoms with Crippen LogP contribution in [0.4, 0.5) is 18.0 Å². The van der Waals surface area contributed by atoms with E-state index < -0.39 is 18.9 Å². The van der Waals surface area contributed by atoms with Crippen LogP contribution < -0.4 is 5.32 Å². The number of nitrogens with zero attached hydrogens (tertiary/aromatic N) is 1. The smallest absolute Gasteiger partial charge is 0.422 e. The van der Waals surface area contributed by atoms with Crippen LogP contribution in [-0.2, 0) is 9.53 Å². The van der Waals surface area contributed by atoms with Gasteiger partial charge in [-0.1, -0.05) is 13.8 Å². The summed E-state index contributed by atoms with van der Waals surface area (Å²) in [4.78, 5) is 24.1. The standard InChI is InChI=1S/C12H19F3N2O3/c1-8(2)10(18)16-9-3-5-17(6-4-9)11(19)20-7-12(13,14)15/h8-9H,3-7H2,1-2H3,(H,16,18). The van der Waals surface area contributed by atoms with E-state index in [1.807, 2.05) is 0 Å². The molecule has 1 N–H and O–H groups in total. The Morgan fingerprint density at radius 3 is 2.30 bits per heavy atom. The fourth-order valence-corrected chi connectivity index (χ4v) is 1.81. The van der Waals surface area contributed by atoms with E-state index in [0.29, 0.717) is 12.8 Å². The Labute approximate surface area is 115 Å². The van der Waals surface area contributed by atoms with E-state index in [-0.39, 0.29) is 31.0 Å². The number of amides is 2. The lowest BCUT2D eigenvalue weighted by molar-refractivity contribution is -0.162. The lowest BCUT2D eigenvalue weighted by atomic mass is 10.0. The highest BCUT2D eigenvalue weighted by atomic mass is 19.4. The number of hydrogen-bond donors (Lipinski definition) is 1. The number of nitrogens with one attached hydrogen (secondary N) is 1. The maximum Gasteiger partial charge on any atom is 0.422 e. The third-order valence-corrected chi connectivity index (χ3v) is 2.98. The summed E-state index contributed by atoms with van der Waals surface area (Å²) in [7, 11) is 0. The molecule has 0 aromatic heterocycles. The first kappa shape index (κ1) is 16.6. The molecule has 20 heavy (non-hydrogen) atoms. The average Bonchev–Trinajstić information content (AvgIpc) is 2.35. The zero-order chi connectivity index (χ0) is 15.3. The number of carbonyl (C=O) groups is 2. The fourth-order valence-electron chi connectivity index (χ4n) is 1.81. The Bertz CT molecular complexity index is 350. The zero-order valence-electron chi connectivity index (χ0n) is 11.5. The normalized spacial score (nSPS) is 17.2. The van der Waals surface area contributed by atoms with Crippen LogP contribution in [0.15, 0.2) is 0 Å². The summed E-state index contributed by atoms with van der Waals surface area (Å²) in [6.45, 7) is 2.53. The zero-order valence-corrected chi connectivity index (χ0v) is 11.5. The minimum absolute atomic E-state index is 0.0448. The van der Waals surface area contributed by atoms with Crippen molar-refractivity contribution in [2.45, 2.75) is 38.9 Å². The third kappa shape index (κ3) is 5.66. The monoisotopic (exact) mass is 296 g/mol. The van der Waals surface area contributed by atoms with Gasteiger partial charge in [0.15, 0.2) is 6.61 Å². The fraction of sp³-hybridized carbons (Fsp3) is 0.833. The Kier molecular flexibility index (Phi) is 5.64. The summed E-state index contributed by atoms with van der Waals surface area (Å²) < 4.78 is 39.9. The van der Waals surface area contributed by atoms with Crippen molar-refractivity contribution in [2.24, 2.45) is 5.92 Å². The van der Waals surface area contributed by atoms with Crippen molar-refractivity contribution < 1.29 is 27.5 Å². The van der Waals surface area contributed by atoms with Gasteiger partial charge in [-0.2, -0.15) is 13.2 Å². The molecule has 0 atom stereocenters. The molecule has 0 saturated carbocycles. The van der Waals surface area contributed by atoms with Gasteiger partial charge in [0.05, 0.1) is 0 Å². The number of carbonyl (C=O) groups excluding carboxylic acids is 2. The van der Waals surface area contributed by atoms with Gasteiger partial charge >= 0.3 is 12.3 Å². The van der Waals surface area contributed by atoms with Gasteiger partial charge in [0.25, 0.3) is 0 Å². The van der Waals surface area contributed by atoms with E-state index in [4.69, 9.17) is 0 Å². The molecule has 5 nitrogen and oxygen atoms in total. The molecule has 1 heterocycles. The van der Waals surface area contributed by atoms with Gasteiger partial charge in [0.2, 0.25) is 5.91 Å². The highest BCUT2D eigenvalue weighted by Gasteiger charge is 2.32. The van der Waals surface area contributed by atoms with Crippen molar-refractivity contribution in [1.29, 1.82) is 0 Å². The van der Waals surface area contributed by atoms with Gasteiger partial charge < -0.3 is 15.0 Å². The van der Waals surface area contributed by atoms with Crippen molar-refractivity contribution in [3.05, 3.63) is 0 Å². The summed E-state index contributed by atoms with van der Waals surface area (Å²) in [5, 5.41) is 2.84. The molecule has 8 heteroatoms. The Hall–Kier alpha value is -1.47. The molecule has 0 spiro atoms. The highest BCUT2D eigenvalue weighted by Crippen LogP contribution is 2.17. The van der Waals surface area contributed by atoms with E-state index in [9.17, 15) is 22.8 Å². The molecular weight excluding hydrogens is 277 g/mol. The van der Waals surface area contributed by atoms with Crippen molar-refractivity contribution in [2.75, 3.05) is 19.7 Å². The Balaban J connectivity index is 2.31. The van der Waals surface area contributed by atoms with Crippen LogP contribution in [-0.4, -0.2) is 48.8 Å². The second-order valence-corrected chi connectivity index (χ2v) is 5.09. The van der Waals surface area contributed by atoms with Crippen LogP contribution in [0.1, 0.15) is 26.7 Å². The number of ether oxygens (including phenoxy) is 1. The number of alkyl halides is 3. The van der Waals surface area contributed by atoms with Gasteiger partial charge in [-0.15, -0.1) is 0 Å². The van der Waals surface area contributed by atoms with Crippen molar-refractivity contribution in [3.63, 3.8) is 0 Å². The van der Waals surface area contributed by atoms with Crippen LogP contribution in [0.5, 0.6) is 0 Å². The van der Waals surface area contributed by atoms with Crippen molar-refractivity contribution in [3.8, 4) is 0 Å². The molecule has 1 saturated heterocycles. The highest BCUT2D eigenvalue weighted by molar-refractivity contribution is 5.78. The number of likely N-dealkylation sites (tertiary alicyclic amines) is 1. The first-order chi connectivity index (χ1) is 9.19. The third-order valence-electron chi connectivity index (χ3n) is 2.98.